The first-order valence-electron chi connectivity index (χ1n) is 3.32. The molecule has 1 rings (SSSR count). The first-order chi connectivity index (χ1) is 5.77. The molecular formula is C8H8N4. The van der Waals surface area contributed by atoms with Gasteiger partial charge in [0.1, 0.15) is 5.84 Å². The molecule has 0 aromatic heterocycles. The number of nitrogens with zero attached hydrogens (tertiary/aromatic N) is 2. The molecule has 1 aromatic rings. The monoisotopic (exact) mass is 160 g/mol. The number of nitrogens with two attached hydrogens (primary N) is 2. The van der Waals surface area contributed by atoms with Crippen LogP contribution in [-0.4, -0.2) is 5.84 Å². The lowest BCUT2D eigenvalue weighted by molar-refractivity contribution is 1.23. The molecule has 0 unspecified atom stereocenters. The minimum absolute atomic E-state index is 0.263. The summed E-state index contributed by atoms with van der Waals surface area (Å²) in [4.78, 5) is 0. The number of benzene rings is 1. The van der Waals surface area contributed by atoms with E-state index < -0.39 is 0 Å². The van der Waals surface area contributed by atoms with E-state index in [4.69, 9.17) is 16.8 Å². The number of rotatable bonds is 1. The molecule has 1 aromatic carbocycles. The Morgan fingerprint density at radius 2 is 1.92 bits per heavy atom. The minimum atomic E-state index is 0.263. The minimum Gasteiger partial charge on any atom is -0.382 e. The van der Waals surface area contributed by atoms with E-state index in [1.165, 1.54) is 0 Å². The molecular weight excluding hydrogens is 152 g/mol. The summed E-state index contributed by atoms with van der Waals surface area (Å²) in [7, 11) is 0. The van der Waals surface area contributed by atoms with Crippen molar-refractivity contribution < 1.29 is 0 Å². The van der Waals surface area contributed by atoms with Gasteiger partial charge < -0.3 is 11.6 Å². The molecule has 0 radical (unpaired) electrons. The van der Waals surface area contributed by atoms with E-state index in [1.807, 2.05) is 6.07 Å². The third-order valence-electron chi connectivity index (χ3n) is 1.45. The van der Waals surface area contributed by atoms with Gasteiger partial charge in [-0.25, -0.2) is 0 Å². The third-order valence-corrected chi connectivity index (χ3v) is 1.45. The fourth-order valence-electron chi connectivity index (χ4n) is 0.790. The van der Waals surface area contributed by atoms with E-state index in [9.17, 15) is 0 Å². The molecule has 0 amide bonds. The number of hydrazone groups is 1. The Morgan fingerprint density at radius 3 is 2.33 bits per heavy atom. The molecule has 0 spiro atoms. The van der Waals surface area contributed by atoms with E-state index >= 15 is 0 Å². The fourth-order valence-corrected chi connectivity index (χ4v) is 0.790. The zero-order chi connectivity index (χ0) is 8.97. The summed E-state index contributed by atoms with van der Waals surface area (Å²) in [6.45, 7) is 0. The van der Waals surface area contributed by atoms with Crippen molar-refractivity contribution in [1.82, 2.24) is 0 Å². The van der Waals surface area contributed by atoms with Crippen molar-refractivity contribution in [2.24, 2.45) is 16.7 Å². The second-order valence-electron chi connectivity index (χ2n) is 2.20. The molecule has 0 saturated heterocycles. The van der Waals surface area contributed by atoms with Gasteiger partial charge in [0.05, 0.1) is 11.6 Å². The highest BCUT2D eigenvalue weighted by atomic mass is 15.1. The highest BCUT2D eigenvalue weighted by Crippen LogP contribution is 2.01. The van der Waals surface area contributed by atoms with Crippen LogP contribution < -0.4 is 11.6 Å². The Bertz CT molecular complexity index is 331. The van der Waals surface area contributed by atoms with Gasteiger partial charge >= 0.3 is 0 Å². The number of nitriles is 1. The molecule has 0 aliphatic heterocycles. The van der Waals surface area contributed by atoms with Gasteiger partial charge in [-0.1, -0.05) is 0 Å². The summed E-state index contributed by atoms with van der Waals surface area (Å²) in [5, 5.41) is 11.8. The van der Waals surface area contributed by atoms with Gasteiger partial charge in [-0.2, -0.15) is 10.4 Å². The van der Waals surface area contributed by atoms with Gasteiger partial charge in [-0.05, 0) is 24.3 Å². The Morgan fingerprint density at radius 1 is 1.33 bits per heavy atom. The zero-order valence-corrected chi connectivity index (χ0v) is 6.36. The van der Waals surface area contributed by atoms with Gasteiger partial charge in [0, 0.05) is 5.56 Å². The van der Waals surface area contributed by atoms with Crippen LogP contribution in [0.1, 0.15) is 11.1 Å². The Labute approximate surface area is 70.1 Å². The second kappa shape index (κ2) is 3.39. The van der Waals surface area contributed by atoms with E-state index in [2.05, 4.69) is 5.10 Å². The highest BCUT2D eigenvalue weighted by Gasteiger charge is 1.96. The first-order valence-corrected chi connectivity index (χ1v) is 3.32. The smallest absolute Gasteiger partial charge is 0.150 e. The number of hydrogen-bond acceptors (Lipinski definition) is 3. The second-order valence-corrected chi connectivity index (χ2v) is 2.20. The Kier molecular flexibility index (Phi) is 2.29. The predicted octanol–water partition coefficient (Wildman–Crippen LogP) is 0.137. The quantitative estimate of drug-likeness (QED) is 0.265. The van der Waals surface area contributed by atoms with Crippen LogP contribution in [0.25, 0.3) is 0 Å². The van der Waals surface area contributed by atoms with E-state index in [1.54, 1.807) is 24.3 Å². The van der Waals surface area contributed by atoms with Crippen molar-refractivity contribution in [2.45, 2.75) is 0 Å². The van der Waals surface area contributed by atoms with Crippen LogP contribution in [0.5, 0.6) is 0 Å². The van der Waals surface area contributed by atoms with Gasteiger partial charge in [-0.15, -0.1) is 0 Å². The lowest BCUT2D eigenvalue weighted by atomic mass is 10.1. The summed E-state index contributed by atoms with van der Waals surface area (Å²) >= 11 is 0. The molecule has 0 heterocycles. The molecule has 4 nitrogen and oxygen atoms in total. The maximum atomic E-state index is 8.49. The third kappa shape index (κ3) is 1.52. The molecule has 0 atom stereocenters. The molecule has 0 bridgehead atoms. The average Bonchev–Trinajstić information content (AvgIpc) is 2.17. The number of amidine groups is 1. The van der Waals surface area contributed by atoms with Crippen LogP contribution in [0.2, 0.25) is 0 Å². The van der Waals surface area contributed by atoms with E-state index in [0.717, 1.165) is 5.56 Å². The van der Waals surface area contributed by atoms with Crippen LogP contribution >= 0.6 is 0 Å². The zero-order valence-electron chi connectivity index (χ0n) is 6.36. The normalized spacial score (nSPS) is 10.8. The summed E-state index contributed by atoms with van der Waals surface area (Å²) in [6.07, 6.45) is 0. The van der Waals surface area contributed by atoms with Crippen molar-refractivity contribution in [3.8, 4) is 6.07 Å². The first kappa shape index (κ1) is 8.08. The summed E-state index contributed by atoms with van der Waals surface area (Å²) in [5.41, 5.74) is 6.73. The van der Waals surface area contributed by atoms with Gasteiger partial charge in [-0.3, -0.25) is 0 Å². The molecule has 0 saturated carbocycles. The van der Waals surface area contributed by atoms with Crippen LogP contribution in [0.15, 0.2) is 29.4 Å². The summed E-state index contributed by atoms with van der Waals surface area (Å²) in [5.74, 6) is 5.24. The molecule has 0 aliphatic carbocycles. The van der Waals surface area contributed by atoms with Crippen LogP contribution in [0.4, 0.5) is 0 Å². The van der Waals surface area contributed by atoms with Crippen LogP contribution in [-0.2, 0) is 0 Å². The highest BCUT2D eigenvalue weighted by molar-refractivity contribution is 5.97. The molecule has 0 aliphatic rings. The maximum Gasteiger partial charge on any atom is 0.150 e. The van der Waals surface area contributed by atoms with Gasteiger partial charge in [0.2, 0.25) is 0 Å². The largest absolute Gasteiger partial charge is 0.382 e. The standard InChI is InChI=1S/C8H8N4/c9-5-6-1-3-7(4-2-6)8(10)12-11/h1-4H,11H2,(H2,10,12). The summed E-state index contributed by atoms with van der Waals surface area (Å²) in [6, 6.07) is 8.72. The van der Waals surface area contributed by atoms with Crippen LogP contribution in [0, 0.1) is 11.3 Å². The Balaban J connectivity index is 3.02. The van der Waals surface area contributed by atoms with E-state index in [0.29, 0.717) is 5.56 Å². The predicted molar refractivity (Wildman–Crippen MR) is 46.1 cm³/mol. The van der Waals surface area contributed by atoms with Crippen molar-refractivity contribution in [1.29, 1.82) is 5.26 Å². The molecule has 0 fully saturated rings. The molecule has 60 valence electrons. The van der Waals surface area contributed by atoms with E-state index in [-0.39, 0.29) is 5.84 Å². The van der Waals surface area contributed by atoms with Crippen LogP contribution in [0.3, 0.4) is 0 Å². The lowest BCUT2D eigenvalue weighted by Gasteiger charge is -1.97. The molecule has 4 N–H and O–H groups in total. The Hall–Kier alpha value is -2.02. The average molecular weight is 160 g/mol. The van der Waals surface area contributed by atoms with Crippen molar-refractivity contribution in [2.75, 3.05) is 0 Å². The molecule has 4 heteroatoms. The summed E-state index contributed by atoms with van der Waals surface area (Å²) < 4.78 is 0. The van der Waals surface area contributed by atoms with Gasteiger partial charge in [0.25, 0.3) is 0 Å². The SMILES string of the molecule is N#Cc1ccc(/C(N)=N/N)cc1. The van der Waals surface area contributed by atoms with Gasteiger partial charge in [0.15, 0.2) is 0 Å². The topological polar surface area (TPSA) is 88.2 Å². The fraction of sp³-hybridized carbons (Fsp3) is 0. The number of hydrogen-bond donors (Lipinski definition) is 2. The lowest BCUT2D eigenvalue weighted by Crippen LogP contribution is -2.15. The van der Waals surface area contributed by atoms with Crippen molar-refractivity contribution >= 4 is 5.84 Å². The van der Waals surface area contributed by atoms with Crippen molar-refractivity contribution in [3.63, 3.8) is 0 Å². The maximum absolute atomic E-state index is 8.49. The van der Waals surface area contributed by atoms with Crippen molar-refractivity contribution in [3.05, 3.63) is 35.4 Å². The molecule has 12 heavy (non-hydrogen) atoms.